The van der Waals surface area contributed by atoms with Crippen molar-refractivity contribution >= 4 is 21.6 Å². The molecule has 0 radical (unpaired) electrons. The van der Waals surface area contributed by atoms with E-state index in [0.29, 0.717) is 10.6 Å². The highest BCUT2D eigenvalue weighted by molar-refractivity contribution is 8.08. The summed E-state index contributed by atoms with van der Waals surface area (Å²) in [5.74, 6) is 2.28. The summed E-state index contributed by atoms with van der Waals surface area (Å²) in [5.41, 5.74) is 0. The lowest BCUT2D eigenvalue weighted by Gasteiger charge is -2.23. The van der Waals surface area contributed by atoms with Crippen molar-refractivity contribution in [1.82, 2.24) is 0 Å². The van der Waals surface area contributed by atoms with E-state index in [2.05, 4.69) is 0 Å². The topological polar surface area (TPSA) is 43.4 Å². The number of rotatable bonds is 5. The fourth-order valence-corrected chi connectivity index (χ4v) is 5.37. The molecule has 0 N–H and O–H groups in total. The number of benzene rings is 2. The van der Waals surface area contributed by atoms with Crippen LogP contribution in [-0.4, -0.2) is 24.2 Å². The lowest BCUT2D eigenvalue weighted by Crippen LogP contribution is -2.37. The maximum absolute atomic E-state index is 12.8. The first-order chi connectivity index (χ1) is 10.4. The zero-order chi connectivity index (χ0) is 15.8. The molecule has 0 aliphatic carbocycles. The van der Waals surface area contributed by atoms with Crippen LogP contribution in [0.4, 0.5) is 0 Å². The summed E-state index contributed by atoms with van der Waals surface area (Å²) in [5, 5.41) is 0.192. The zero-order valence-corrected chi connectivity index (χ0v) is 14.2. The van der Waals surface area contributed by atoms with Crippen molar-refractivity contribution in [2.24, 2.45) is 0 Å². The van der Waals surface area contributed by atoms with Gasteiger partial charge in [-0.05, 0) is 50.2 Å². The van der Waals surface area contributed by atoms with Crippen LogP contribution < -0.4 is 4.74 Å². The molecule has 1 heterocycles. The van der Waals surface area contributed by atoms with Crippen LogP contribution in [0.1, 0.15) is 13.8 Å². The van der Waals surface area contributed by atoms with Crippen LogP contribution in [0, 0.1) is 0 Å². The maximum Gasteiger partial charge on any atom is 0.184 e. The molecule has 1 unspecified atom stereocenters. The molecule has 3 rings (SSSR count). The van der Waals surface area contributed by atoms with E-state index in [-0.39, 0.29) is 5.25 Å². The van der Waals surface area contributed by atoms with Crippen LogP contribution in [0.3, 0.4) is 0 Å². The summed E-state index contributed by atoms with van der Waals surface area (Å²) in [6.07, 6.45) is 0. The van der Waals surface area contributed by atoms with Gasteiger partial charge in [0.25, 0.3) is 0 Å². The first-order valence-corrected chi connectivity index (χ1v) is 9.64. The monoisotopic (exact) mass is 334 g/mol. The molecule has 5 heteroatoms. The molecule has 0 saturated carbocycles. The Balaban J connectivity index is 1.82. The molecule has 22 heavy (non-hydrogen) atoms. The molecule has 2 aromatic carbocycles. The van der Waals surface area contributed by atoms with Gasteiger partial charge in [0.05, 0.1) is 9.64 Å². The van der Waals surface area contributed by atoms with Crippen LogP contribution in [0.25, 0.3) is 0 Å². The zero-order valence-electron chi connectivity index (χ0n) is 12.5. The van der Waals surface area contributed by atoms with Gasteiger partial charge in [-0.2, -0.15) is 11.8 Å². The normalized spacial score (nSPS) is 18.0. The average Bonchev–Trinajstić information content (AvgIpc) is 3.34. The largest absolute Gasteiger partial charge is 0.457 e. The molecule has 0 bridgehead atoms. The van der Waals surface area contributed by atoms with Gasteiger partial charge >= 0.3 is 0 Å². The number of hydrogen-bond donors (Lipinski definition) is 0. The van der Waals surface area contributed by atoms with Gasteiger partial charge in [-0.3, -0.25) is 0 Å². The Hall–Kier alpha value is -1.46. The smallest absolute Gasteiger partial charge is 0.184 e. The summed E-state index contributed by atoms with van der Waals surface area (Å²) < 4.78 is 30.5. The van der Waals surface area contributed by atoms with Gasteiger partial charge in [0.15, 0.2) is 9.84 Å². The average molecular weight is 334 g/mol. The van der Waals surface area contributed by atoms with E-state index in [1.54, 1.807) is 49.9 Å². The van der Waals surface area contributed by atoms with Crippen molar-refractivity contribution in [2.45, 2.75) is 28.7 Å². The van der Waals surface area contributed by atoms with Gasteiger partial charge in [-0.1, -0.05) is 18.2 Å². The minimum atomic E-state index is -3.34. The second-order valence-corrected chi connectivity index (χ2v) is 9.58. The third-order valence-corrected chi connectivity index (χ3v) is 7.88. The molecular formula is C17H18O3S2. The second kappa shape index (κ2) is 5.63. The molecule has 1 aliphatic rings. The van der Waals surface area contributed by atoms with Crippen molar-refractivity contribution in [2.75, 3.05) is 5.75 Å². The molecule has 0 aromatic heterocycles. The van der Waals surface area contributed by atoms with Crippen LogP contribution >= 0.6 is 11.8 Å². The van der Waals surface area contributed by atoms with E-state index in [1.807, 2.05) is 30.3 Å². The summed E-state index contributed by atoms with van der Waals surface area (Å²) in [6.45, 7) is 3.61. The van der Waals surface area contributed by atoms with E-state index in [9.17, 15) is 8.42 Å². The Kier molecular flexibility index (Phi) is 3.95. The van der Waals surface area contributed by atoms with E-state index in [4.69, 9.17) is 4.74 Å². The third-order valence-electron chi connectivity index (χ3n) is 3.91. The standard InChI is InChI=1S/C17H18O3S2/c1-17(2,16-12-21-16)22(18,19)15-10-8-14(9-11-15)20-13-6-4-3-5-7-13/h3-11,16H,12H2,1-2H3. The van der Waals surface area contributed by atoms with E-state index >= 15 is 0 Å². The second-order valence-electron chi connectivity index (χ2n) is 5.82. The first kappa shape index (κ1) is 15.4. The number of thioether (sulfide) groups is 1. The Bertz CT molecular complexity index is 746. The Morgan fingerprint density at radius 3 is 2.09 bits per heavy atom. The van der Waals surface area contributed by atoms with Crippen LogP contribution in [0.2, 0.25) is 0 Å². The SMILES string of the molecule is CC(C)(C1CS1)S(=O)(=O)c1ccc(Oc2ccccc2)cc1. The summed E-state index contributed by atoms with van der Waals surface area (Å²) in [6, 6.07) is 16.1. The molecule has 1 atom stereocenters. The molecule has 1 saturated heterocycles. The first-order valence-electron chi connectivity index (χ1n) is 7.10. The number of sulfone groups is 1. The highest BCUT2D eigenvalue weighted by Crippen LogP contribution is 2.45. The summed E-state index contributed by atoms with van der Waals surface area (Å²) in [4.78, 5) is 0.352. The van der Waals surface area contributed by atoms with Crippen LogP contribution in [-0.2, 0) is 9.84 Å². The molecule has 1 aliphatic heterocycles. The van der Waals surface area contributed by atoms with Gasteiger partial charge < -0.3 is 4.74 Å². The molecule has 2 aromatic rings. The van der Waals surface area contributed by atoms with Gasteiger partial charge in [0.2, 0.25) is 0 Å². The summed E-state index contributed by atoms with van der Waals surface area (Å²) >= 11 is 1.70. The van der Waals surface area contributed by atoms with Crippen LogP contribution in [0.15, 0.2) is 59.5 Å². The Morgan fingerprint density at radius 2 is 1.55 bits per heavy atom. The molecular weight excluding hydrogens is 316 g/mol. The predicted molar refractivity (Wildman–Crippen MR) is 90.5 cm³/mol. The van der Waals surface area contributed by atoms with Gasteiger partial charge in [0, 0.05) is 11.0 Å². The quantitative estimate of drug-likeness (QED) is 0.771. The van der Waals surface area contributed by atoms with Crippen molar-refractivity contribution in [3.8, 4) is 11.5 Å². The highest BCUT2D eigenvalue weighted by atomic mass is 32.2. The van der Waals surface area contributed by atoms with Gasteiger partial charge in [-0.25, -0.2) is 8.42 Å². The number of ether oxygens (including phenoxy) is 1. The lowest BCUT2D eigenvalue weighted by atomic mass is 10.1. The fourth-order valence-electron chi connectivity index (χ4n) is 2.24. The lowest BCUT2D eigenvalue weighted by molar-refractivity contribution is 0.482. The van der Waals surface area contributed by atoms with Crippen molar-refractivity contribution in [3.05, 3.63) is 54.6 Å². The maximum atomic E-state index is 12.8. The van der Waals surface area contributed by atoms with E-state index in [1.165, 1.54) is 0 Å². The van der Waals surface area contributed by atoms with Crippen molar-refractivity contribution in [1.29, 1.82) is 0 Å². The molecule has 0 spiro atoms. The molecule has 3 nitrogen and oxygen atoms in total. The van der Waals surface area contributed by atoms with E-state index < -0.39 is 14.6 Å². The predicted octanol–water partition coefficient (Wildman–Crippen LogP) is 4.15. The third kappa shape index (κ3) is 2.88. The van der Waals surface area contributed by atoms with Gasteiger partial charge in [0.1, 0.15) is 11.5 Å². The van der Waals surface area contributed by atoms with Gasteiger partial charge in [-0.15, -0.1) is 0 Å². The molecule has 0 amide bonds. The van der Waals surface area contributed by atoms with Crippen molar-refractivity contribution < 1.29 is 13.2 Å². The van der Waals surface area contributed by atoms with Crippen molar-refractivity contribution in [3.63, 3.8) is 0 Å². The van der Waals surface area contributed by atoms with Crippen LogP contribution in [0.5, 0.6) is 11.5 Å². The molecule has 1 fully saturated rings. The molecule has 116 valence electrons. The number of hydrogen-bond acceptors (Lipinski definition) is 4. The Morgan fingerprint density at radius 1 is 1.00 bits per heavy atom. The minimum absolute atomic E-state index is 0.192. The number of para-hydroxylation sites is 1. The Labute approximate surface area is 135 Å². The van der Waals surface area contributed by atoms with E-state index in [0.717, 1.165) is 11.5 Å². The fraction of sp³-hybridized carbons (Fsp3) is 0.294. The summed E-state index contributed by atoms with van der Waals surface area (Å²) in [7, 11) is -3.34. The minimum Gasteiger partial charge on any atom is -0.457 e. The highest BCUT2D eigenvalue weighted by Gasteiger charge is 2.48.